The maximum absolute atomic E-state index is 12.1. The van der Waals surface area contributed by atoms with Gasteiger partial charge < -0.3 is 10.4 Å². The number of benzene rings is 1. The molecule has 0 saturated carbocycles. The molecule has 1 aliphatic heterocycles. The number of thiazole rings is 1. The fourth-order valence-electron chi connectivity index (χ4n) is 3.24. The Morgan fingerprint density at radius 1 is 1.32 bits per heavy atom. The number of hydrogen-bond donors (Lipinski definition) is 2. The van der Waals surface area contributed by atoms with Gasteiger partial charge in [-0.05, 0) is 69.3 Å². The Labute approximate surface area is 152 Å². The van der Waals surface area contributed by atoms with Crippen LogP contribution in [-0.2, 0) is 11.2 Å². The summed E-state index contributed by atoms with van der Waals surface area (Å²) >= 11 is 1.47. The van der Waals surface area contributed by atoms with Crippen molar-refractivity contribution in [1.82, 2.24) is 9.88 Å². The summed E-state index contributed by atoms with van der Waals surface area (Å²) in [6, 6.07) is 7.49. The Morgan fingerprint density at radius 2 is 2.04 bits per heavy atom. The van der Waals surface area contributed by atoms with Gasteiger partial charge >= 0.3 is 0 Å². The van der Waals surface area contributed by atoms with Gasteiger partial charge in [-0.3, -0.25) is 9.69 Å². The second-order valence-electron chi connectivity index (χ2n) is 6.77. The SMILES string of the molecule is Cc1csc(NC(=O)CN2CCC(CCc3ccc(O)cc3)CC2)n1. The van der Waals surface area contributed by atoms with Crippen molar-refractivity contribution in [2.75, 3.05) is 25.0 Å². The maximum atomic E-state index is 12.1. The van der Waals surface area contributed by atoms with Crippen LogP contribution in [0.3, 0.4) is 0 Å². The fraction of sp³-hybridized carbons (Fsp3) is 0.474. The van der Waals surface area contributed by atoms with Gasteiger partial charge in [0.2, 0.25) is 5.91 Å². The Balaban J connectivity index is 1.36. The van der Waals surface area contributed by atoms with E-state index in [2.05, 4.69) is 15.2 Å². The summed E-state index contributed by atoms with van der Waals surface area (Å²) in [6.07, 6.45) is 4.50. The topological polar surface area (TPSA) is 65.5 Å². The Kier molecular flexibility index (Phi) is 6.04. The van der Waals surface area contributed by atoms with Gasteiger partial charge in [-0.25, -0.2) is 4.98 Å². The molecule has 0 spiro atoms. The van der Waals surface area contributed by atoms with Gasteiger partial charge in [0.15, 0.2) is 5.13 Å². The van der Waals surface area contributed by atoms with E-state index >= 15 is 0 Å². The van der Waals surface area contributed by atoms with Crippen molar-refractivity contribution in [3.8, 4) is 5.75 Å². The highest BCUT2D eigenvalue weighted by molar-refractivity contribution is 7.13. The molecule has 0 radical (unpaired) electrons. The number of carbonyl (C=O) groups is 1. The predicted octanol–water partition coefficient (Wildman–Crippen LogP) is 3.44. The van der Waals surface area contributed by atoms with Crippen LogP contribution in [0.1, 0.15) is 30.5 Å². The number of aryl methyl sites for hydroxylation is 2. The number of carbonyl (C=O) groups excluding carboxylic acids is 1. The monoisotopic (exact) mass is 359 g/mol. The zero-order valence-electron chi connectivity index (χ0n) is 14.6. The van der Waals surface area contributed by atoms with E-state index < -0.39 is 0 Å². The third-order valence-electron chi connectivity index (χ3n) is 4.72. The molecule has 0 aliphatic carbocycles. The van der Waals surface area contributed by atoms with Crippen molar-refractivity contribution < 1.29 is 9.90 Å². The summed E-state index contributed by atoms with van der Waals surface area (Å²) in [7, 11) is 0. The van der Waals surface area contributed by atoms with Crippen LogP contribution in [0.2, 0.25) is 0 Å². The van der Waals surface area contributed by atoms with Crippen molar-refractivity contribution in [3.63, 3.8) is 0 Å². The van der Waals surface area contributed by atoms with E-state index in [0.29, 0.717) is 17.4 Å². The average molecular weight is 359 g/mol. The molecular weight excluding hydrogens is 334 g/mol. The highest BCUT2D eigenvalue weighted by Crippen LogP contribution is 2.23. The summed E-state index contributed by atoms with van der Waals surface area (Å²) in [5.41, 5.74) is 2.22. The van der Waals surface area contributed by atoms with E-state index in [4.69, 9.17) is 0 Å². The molecule has 2 heterocycles. The van der Waals surface area contributed by atoms with Gasteiger partial charge in [-0.15, -0.1) is 11.3 Å². The van der Waals surface area contributed by atoms with Crippen molar-refractivity contribution in [1.29, 1.82) is 0 Å². The molecule has 2 aromatic rings. The lowest BCUT2D eigenvalue weighted by Crippen LogP contribution is -2.39. The zero-order chi connectivity index (χ0) is 17.6. The summed E-state index contributed by atoms with van der Waals surface area (Å²) in [5, 5.41) is 14.8. The number of piperidine rings is 1. The van der Waals surface area contributed by atoms with Gasteiger partial charge in [-0.2, -0.15) is 0 Å². The summed E-state index contributed by atoms with van der Waals surface area (Å²) < 4.78 is 0. The first-order chi connectivity index (χ1) is 12.1. The molecule has 3 rings (SSSR count). The maximum Gasteiger partial charge on any atom is 0.240 e. The van der Waals surface area contributed by atoms with E-state index in [1.54, 1.807) is 12.1 Å². The van der Waals surface area contributed by atoms with Crippen LogP contribution in [0.4, 0.5) is 5.13 Å². The number of aromatic nitrogens is 1. The summed E-state index contributed by atoms with van der Waals surface area (Å²) in [4.78, 5) is 18.6. The molecule has 1 fully saturated rings. The summed E-state index contributed by atoms with van der Waals surface area (Å²) in [5.74, 6) is 1.06. The van der Waals surface area contributed by atoms with E-state index in [1.807, 2.05) is 24.4 Å². The lowest BCUT2D eigenvalue weighted by molar-refractivity contribution is -0.117. The van der Waals surface area contributed by atoms with Crippen LogP contribution in [0.5, 0.6) is 5.75 Å². The molecule has 1 aromatic carbocycles. The molecule has 0 unspecified atom stereocenters. The highest BCUT2D eigenvalue weighted by atomic mass is 32.1. The van der Waals surface area contributed by atoms with Crippen LogP contribution < -0.4 is 5.32 Å². The van der Waals surface area contributed by atoms with E-state index in [0.717, 1.165) is 44.0 Å². The number of phenolic OH excluding ortho intramolecular Hbond substituents is 1. The van der Waals surface area contributed by atoms with Crippen molar-refractivity contribution >= 4 is 22.4 Å². The first-order valence-corrected chi connectivity index (χ1v) is 9.69. The highest BCUT2D eigenvalue weighted by Gasteiger charge is 2.21. The minimum absolute atomic E-state index is 0.0249. The largest absolute Gasteiger partial charge is 0.508 e. The first kappa shape index (κ1) is 17.9. The number of amides is 1. The van der Waals surface area contributed by atoms with Gasteiger partial charge in [0.25, 0.3) is 0 Å². The molecule has 5 nitrogen and oxygen atoms in total. The van der Waals surface area contributed by atoms with E-state index in [9.17, 15) is 9.90 Å². The second-order valence-corrected chi connectivity index (χ2v) is 7.62. The normalized spacial score (nSPS) is 16.0. The van der Waals surface area contributed by atoms with E-state index in [-0.39, 0.29) is 5.91 Å². The lowest BCUT2D eigenvalue weighted by atomic mass is 9.90. The summed E-state index contributed by atoms with van der Waals surface area (Å²) in [6.45, 7) is 4.33. The molecule has 6 heteroatoms. The number of anilines is 1. The number of nitrogens with one attached hydrogen (secondary N) is 1. The molecule has 1 aliphatic rings. The Bertz CT molecular complexity index is 691. The van der Waals surface area contributed by atoms with E-state index in [1.165, 1.54) is 23.3 Å². The number of phenols is 1. The molecule has 134 valence electrons. The van der Waals surface area contributed by atoms with Crippen molar-refractivity contribution in [2.24, 2.45) is 5.92 Å². The zero-order valence-corrected chi connectivity index (χ0v) is 15.4. The van der Waals surface area contributed by atoms with Gasteiger partial charge in [-0.1, -0.05) is 12.1 Å². The Hall–Kier alpha value is -1.92. The van der Waals surface area contributed by atoms with Gasteiger partial charge in [0.05, 0.1) is 12.2 Å². The molecular formula is C19H25N3O2S. The lowest BCUT2D eigenvalue weighted by Gasteiger charge is -2.31. The standard InChI is InChI=1S/C19H25N3O2S/c1-14-13-25-19(20-14)21-18(24)12-22-10-8-16(9-11-22)3-2-15-4-6-17(23)7-5-15/h4-7,13,16,23H,2-3,8-12H2,1H3,(H,20,21,24). The van der Waals surface area contributed by atoms with Crippen LogP contribution in [0, 0.1) is 12.8 Å². The smallest absolute Gasteiger partial charge is 0.240 e. The van der Waals surface area contributed by atoms with Gasteiger partial charge in [0.1, 0.15) is 5.75 Å². The molecule has 1 amide bonds. The van der Waals surface area contributed by atoms with Crippen LogP contribution in [0.25, 0.3) is 0 Å². The number of likely N-dealkylation sites (tertiary alicyclic amines) is 1. The molecule has 1 aromatic heterocycles. The second kappa shape index (κ2) is 8.45. The first-order valence-electron chi connectivity index (χ1n) is 8.81. The average Bonchev–Trinajstić information content (AvgIpc) is 3.00. The molecule has 25 heavy (non-hydrogen) atoms. The molecule has 0 bridgehead atoms. The number of rotatable bonds is 6. The third kappa shape index (κ3) is 5.54. The minimum Gasteiger partial charge on any atom is -0.508 e. The van der Waals surface area contributed by atoms with Crippen molar-refractivity contribution in [3.05, 3.63) is 40.9 Å². The predicted molar refractivity (Wildman–Crippen MR) is 101 cm³/mol. The Morgan fingerprint density at radius 3 is 2.68 bits per heavy atom. The molecule has 1 saturated heterocycles. The number of hydrogen-bond acceptors (Lipinski definition) is 5. The third-order valence-corrected chi connectivity index (χ3v) is 5.59. The van der Waals surface area contributed by atoms with Crippen molar-refractivity contribution in [2.45, 2.75) is 32.6 Å². The van der Waals surface area contributed by atoms with Crippen LogP contribution in [0.15, 0.2) is 29.6 Å². The van der Waals surface area contributed by atoms with Crippen LogP contribution in [-0.4, -0.2) is 40.5 Å². The quantitative estimate of drug-likeness (QED) is 0.829. The van der Waals surface area contributed by atoms with Crippen LogP contribution >= 0.6 is 11.3 Å². The molecule has 0 atom stereocenters. The number of nitrogens with zero attached hydrogens (tertiary/aromatic N) is 2. The van der Waals surface area contributed by atoms with Gasteiger partial charge in [0, 0.05) is 5.38 Å². The fourth-order valence-corrected chi connectivity index (χ4v) is 3.94. The number of aromatic hydroxyl groups is 1. The minimum atomic E-state index is 0.0249. The molecule has 2 N–H and O–H groups in total.